The van der Waals surface area contributed by atoms with Gasteiger partial charge >= 0.3 is 0 Å². The van der Waals surface area contributed by atoms with Gasteiger partial charge in [-0.15, -0.1) is 37.1 Å². The summed E-state index contributed by atoms with van der Waals surface area (Å²) in [7, 11) is 1.81. The van der Waals surface area contributed by atoms with Gasteiger partial charge in [0.05, 0.1) is 0 Å². The van der Waals surface area contributed by atoms with E-state index in [0.29, 0.717) is 17.9 Å². The van der Waals surface area contributed by atoms with Crippen molar-refractivity contribution >= 4 is 35.8 Å². The fourth-order valence-corrected chi connectivity index (χ4v) is 4.56. The van der Waals surface area contributed by atoms with E-state index in [2.05, 4.69) is 47.5 Å². The molecule has 2 fully saturated rings. The Bertz CT molecular complexity index is 564. The first kappa shape index (κ1) is 26.9. The zero-order valence-electron chi connectivity index (χ0n) is 19.1. The highest BCUT2D eigenvalue weighted by Crippen LogP contribution is 2.27. The first-order valence-corrected chi connectivity index (χ1v) is 11.2. The molecule has 0 bridgehead atoms. The first-order chi connectivity index (χ1) is 14.0. The maximum atomic E-state index is 12.7. The molecule has 0 aromatic heterocycles. The van der Waals surface area contributed by atoms with E-state index in [0.717, 1.165) is 57.9 Å². The molecule has 2 N–H and O–H groups in total. The Labute approximate surface area is 200 Å². The molecule has 1 amide bonds. The van der Waals surface area contributed by atoms with Gasteiger partial charge in [-0.1, -0.05) is 38.8 Å². The lowest BCUT2D eigenvalue weighted by molar-refractivity contribution is -0.134. The molecule has 2 atom stereocenters. The number of rotatable bonds is 10. The molecule has 2 unspecified atom stereocenters. The fourth-order valence-electron chi connectivity index (χ4n) is 4.56. The second-order valence-corrected chi connectivity index (χ2v) is 8.69. The summed E-state index contributed by atoms with van der Waals surface area (Å²) in [5.74, 6) is 1.93. The van der Waals surface area contributed by atoms with Crippen molar-refractivity contribution in [2.75, 3.05) is 39.8 Å². The summed E-state index contributed by atoms with van der Waals surface area (Å²) in [5.41, 5.74) is 0. The zero-order chi connectivity index (χ0) is 21.2. The van der Waals surface area contributed by atoms with Gasteiger partial charge in [0.2, 0.25) is 5.91 Å². The largest absolute Gasteiger partial charge is 0.355 e. The number of guanidine groups is 1. The van der Waals surface area contributed by atoms with E-state index in [9.17, 15) is 4.79 Å². The number of halogens is 1. The molecule has 2 aliphatic rings. The van der Waals surface area contributed by atoms with Crippen LogP contribution in [0.25, 0.3) is 0 Å². The Kier molecular flexibility index (Phi) is 12.6. The lowest BCUT2D eigenvalue weighted by Crippen LogP contribution is -2.51. The van der Waals surface area contributed by atoms with Crippen molar-refractivity contribution in [3.63, 3.8) is 0 Å². The molecule has 1 aliphatic carbocycles. The maximum absolute atomic E-state index is 12.7. The van der Waals surface area contributed by atoms with Crippen LogP contribution in [0.2, 0.25) is 0 Å². The summed E-state index contributed by atoms with van der Waals surface area (Å²) < 4.78 is 0. The molecule has 172 valence electrons. The van der Waals surface area contributed by atoms with Crippen LogP contribution in [0.1, 0.15) is 46.0 Å². The van der Waals surface area contributed by atoms with Gasteiger partial charge < -0.3 is 15.5 Å². The highest BCUT2D eigenvalue weighted by atomic mass is 127. The Morgan fingerprint density at radius 3 is 2.37 bits per heavy atom. The van der Waals surface area contributed by atoms with E-state index >= 15 is 0 Å². The number of carbonyl (C=O) groups is 1. The quantitative estimate of drug-likeness (QED) is 0.197. The molecular formula is C23H42IN5O. The van der Waals surface area contributed by atoms with E-state index in [1.54, 1.807) is 7.05 Å². The summed E-state index contributed by atoms with van der Waals surface area (Å²) in [6.45, 7) is 16.4. The molecule has 0 radical (unpaired) electrons. The van der Waals surface area contributed by atoms with Crippen molar-refractivity contribution in [3.05, 3.63) is 25.3 Å². The smallest absolute Gasteiger partial charge is 0.225 e. The minimum atomic E-state index is 0. The summed E-state index contributed by atoms with van der Waals surface area (Å²) in [5, 5.41) is 7.02. The average molecular weight is 532 g/mol. The molecule has 1 heterocycles. The molecule has 0 spiro atoms. The van der Waals surface area contributed by atoms with E-state index in [-0.39, 0.29) is 35.9 Å². The topological polar surface area (TPSA) is 60.0 Å². The third-order valence-electron chi connectivity index (χ3n) is 6.21. The lowest BCUT2D eigenvalue weighted by atomic mass is 10.0. The number of aliphatic imine (C=N–C) groups is 1. The van der Waals surface area contributed by atoms with Gasteiger partial charge in [-0.05, 0) is 25.2 Å². The van der Waals surface area contributed by atoms with Gasteiger partial charge in [-0.2, -0.15) is 0 Å². The standard InChI is InChI=1S/C23H41N5O.HI/c1-6-13-27(14-7-2)21(18(3)4)16-25-23(24-5)26-20-12-15-28(17-20)22(29)19-10-8-9-11-19;/h6-7,18-21H,1-2,8-17H2,3-5H3,(H2,24,25,26);1H. The van der Waals surface area contributed by atoms with Crippen LogP contribution in [0.5, 0.6) is 0 Å². The summed E-state index contributed by atoms with van der Waals surface area (Å²) in [6, 6.07) is 0.620. The summed E-state index contributed by atoms with van der Waals surface area (Å²) >= 11 is 0. The number of carbonyl (C=O) groups excluding carboxylic acids is 1. The van der Waals surface area contributed by atoms with Crippen LogP contribution >= 0.6 is 24.0 Å². The second-order valence-electron chi connectivity index (χ2n) is 8.69. The molecule has 30 heavy (non-hydrogen) atoms. The second kappa shape index (κ2) is 14.1. The highest BCUT2D eigenvalue weighted by molar-refractivity contribution is 14.0. The minimum Gasteiger partial charge on any atom is -0.355 e. The number of nitrogens with one attached hydrogen (secondary N) is 2. The van der Waals surface area contributed by atoms with Gasteiger partial charge in [0.25, 0.3) is 0 Å². The third-order valence-corrected chi connectivity index (χ3v) is 6.21. The van der Waals surface area contributed by atoms with Crippen molar-refractivity contribution < 1.29 is 4.79 Å². The van der Waals surface area contributed by atoms with Crippen LogP contribution in [0.3, 0.4) is 0 Å². The number of amides is 1. The van der Waals surface area contributed by atoms with Crippen molar-refractivity contribution in [1.82, 2.24) is 20.4 Å². The van der Waals surface area contributed by atoms with Gasteiger partial charge in [0, 0.05) is 57.8 Å². The highest BCUT2D eigenvalue weighted by Gasteiger charge is 2.32. The van der Waals surface area contributed by atoms with Crippen molar-refractivity contribution in [2.24, 2.45) is 16.8 Å². The SMILES string of the molecule is C=CCN(CC=C)C(CNC(=NC)NC1CCN(C(=O)C2CCCC2)C1)C(C)C.I. The van der Waals surface area contributed by atoms with Crippen molar-refractivity contribution in [3.8, 4) is 0 Å². The van der Waals surface area contributed by atoms with E-state index in [1.807, 2.05) is 17.1 Å². The molecule has 0 aromatic carbocycles. The Morgan fingerprint density at radius 2 is 1.83 bits per heavy atom. The van der Waals surface area contributed by atoms with Gasteiger partial charge in [0.15, 0.2) is 5.96 Å². The minimum absolute atomic E-state index is 0. The number of hydrogen-bond acceptors (Lipinski definition) is 3. The van der Waals surface area contributed by atoms with Gasteiger partial charge in [0.1, 0.15) is 0 Å². The first-order valence-electron chi connectivity index (χ1n) is 11.2. The van der Waals surface area contributed by atoms with Crippen LogP contribution in [0.4, 0.5) is 0 Å². The molecule has 0 aromatic rings. The third kappa shape index (κ3) is 7.87. The molecule has 1 saturated heterocycles. The molecule has 7 heteroatoms. The van der Waals surface area contributed by atoms with Crippen molar-refractivity contribution in [1.29, 1.82) is 0 Å². The van der Waals surface area contributed by atoms with Crippen LogP contribution in [-0.2, 0) is 4.79 Å². The maximum Gasteiger partial charge on any atom is 0.225 e. The monoisotopic (exact) mass is 531 g/mol. The van der Waals surface area contributed by atoms with Crippen LogP contribution in [0, 0.1) is 11.8 Å². The molecule has 1 aliphatic heterocycles. The Hall–Kier alpha value is -1.09. The van der Waals surface area contributed by atoms with Crippen LogP contribution in [-0.4, -0.2) is 73.5 Å². The Morgan fingerprint density at radius 1 is 1.20 bits per heavy atom. The summed E-state index contributed by atoms with van der Waals surface area (Å²) in [6.07, 6.45) is 9.41. The molecule has 6 nitrogen and oxygen atoms in total. The zero-order valence-corrected chi connectivity index (χ0v) is 21.4. The predicted molar refractivity (Wildman–Crippen MR) is 137 cm³/mol. The number of nitrogens with zero attached hydrogens (tertiary/aromatic N) is 3. The van der Waals surface area contributed by atoms with E-state index < -0.39 is 0 Å². The number of likely N-dealkylation sites (tertiary alicyclic amines) is 1. The van der Waals surface area contributed by atoms with Crippen LogP contribution in [0.15, 0.2) is 30.3 Å². The molecular weight excluding hydrogens is 489 g/mol. The molecule has 2 rings (SSSR count). The van der Waals surface area contributed by atoms with E-state index in [1.165, 1.54) is 12.8 Å². The van der Waals surface area contributed by atoms with Gasteiger partial charge in [-0.3, -0.25) is 14.7 Å². The fraction of sp³-hybridized carbons (Fsp3) is 0.739. The molecule has 1 saturated carbocycles. The lowest BCUT2D eigenvalue weighted by Gasteiger charge is -2.33. The number of hydrogen-bond donors (Lipinski definition) is 2. The van der Waals surface area contributed by atoms with Gasteiger partial charge in [-0.25, -0.2) is 0 Å². The average Bonchev–Trinajstić information content (AvgIpc) is 3.39. The summed E-state index contributed by atoms with van der Waals surface area (Å²) in [4.78, 5) is 21.5. The predicted octanol–water partition coefficient (Wildman–Crippen LogP) is 3.26. The Balaban J connectivity index is 0.00000450. The van der Waals surface area contributed by atoms with Crippen LogP contribution < -0.4 is 10.6 Å². The normalized spacial score (nSPS) is 20.9. The van der Waals surface area contributed by atoms with E-state index in [4.69, 9.17) is 0 Å². The van der Waals surface area contributed by atoms with Crippen molar-refractivity contribution in [2.45, 2.75) is 58.0 Å².